The topological polar surface area (TPSA) is 94.9 Å². The molecule has 2 aromatic rings. The number of carbonyl (C=O) groups excluding carboxylic acids is 2. The third-order valence-electron chi connectivity index (χ3n) is 4.01. The van der Waals surface area contributed by atoms with Crippen molar-refractivity contribution >= 4 is 18.0 Å². The molecule has 7 heteroatoms. The second-order valence-corrected chi connectivity index (χ2v) is 6.33. The maximum Gasteiger partial charge on any atom is 0.349 e. The molecule has 0 bridgehead atoms. The average molecular weight is 409 g/mol. The van der Waals surface area contributed by atoms with Gasteiger partial charge in [0.25, 0.3) is 0 Å². The van der Waals surface area contributed by atoms with E-state index in [4.69, 9.17) is 24.2 Å². The predicted octanol–water partition coefficient (Wildman–Crippen LogP) is 3.77. The molecule has 0 atom stereocenters. The van der Waals surface area contributed by atoms with Crippen molar-refractivity contribution in [3.63, 3.8) is 0 Å². The van der Waals surface area contributed by atoms with Crippen LogP contribution < -0.4 is 14.2 Å². The van der Waals surface area contributed by atoms with Gasteiger partial charge >= 0.3 is 11.9 Å². The molecule has 0 saturated heterocycles. The van der Waals surface area contributed by atoms with Crippen LogP contribution in [-0.4, -0.2) is 32.3 Å². The fourth-order valence-electron chi connectivity index (χ4n) is 2.62. The number of hydrogen-bond donors (Lipinski definition) is 0. The molecule has 2 rings (SSSR count). The summed E-state index contributed by atoms with van der Waals surface area (Å²) in [6.45, 7) is 5.43. The highest BCUT2D eigenvalue weighted by molar-refractivity contribution is 5.98. The molecule has 30 heavy (non-hydrogen) atoms. The Morgan fingerprint density at radius 1 is 1.07 bits per heavy atom. The highest BCUT2D eigenvalue weighted by Gasteiger charge is 2.14. The Kier molecular flexibility index (Phi) is 8.00. The number of rotatable bonds is 8. The van der Waals surface area contributed by atoms with Gasteiger partial charge in [-0.05, 0) is 56.2 Å². The van der Waals surface area contributed by atoms with Gasteiger partial charge in [0.15, 0.2) is 18.1 Å². The van der Waals surface area contributed by atoms with Gasteiger partial charge in [0.2, 0.25) is 0 Å². The van der Waals surface area contributed by atoms with Gasteiger partial charge in [-0.1, -0.05) is 23.8 Å². The van der Waals surface area contributed by atoms with Crippen LogP contribution in [0.25, 0.3) is 6.08 Å². The van der Waals surface area contributed by atoms with E-state index in [1.165, 1.54) is 19.3 Å². The highest BCUT2D eigenvalue weighted by atomic mass is 16.6. The number of methoxy groups -OCH3 is 1. The zero-order chi connectivity index (χ0) is 22.1. The molecule has 0 unspecified atom stereocenters. The van der Waals surface area contributed by atoms with E-state index in [1.54, 1.807) is 31.2 Å². The van der Waals surface area contributed by atoms with Gasteiger partial charge in [-0.2, -0.15) is 5.26 Å². The standard InChI is InChI=1S/C23H23NO6/c1-5-28-23(26)18(13-24)11-17-7-9-20(21(12-17)27-4)30-22(25)14-29-19-8-6-15(2)10-16(19)3/h6-12H,5,14H2,1-4H3/b18-11+. The van der Waals surface area contributed by atoms with E-state index in [-0.39, 0.29) is 30.3 Å². The summed E-state index contributed by atoms with van der Waals surface area (Å²) in [5.41, 5.74) is 2.39. The predicted molar refractivity (Wildman–Crippen MR) is 110 cm³/mol. The van der Waals surface area contributed by atoms with Crippen molar-refractivity contribution in [2.24, 2.45) is 0 Å². The van der Waals surface area contributed by atoms with E-state index in [0.717, 1.165) is 11.1 Å². The van der Waals surface area contributed by atoms with E-state index < -0.39 is 11.9 Å². The van der Waals surface area contributed by atoms with Gasteiger partial charge in [-0.3, -0.25) is 0 Å². The van der Waals surface area contributed by atoms with Gasteiger partial charge < -0.3 is 18.9 Å². The molecule has 0 saturated carbocycles. The Bertz CT molecular complexity index is 1000. The number of hydrogen-bond acceptors (Lipinski definition) is 7. The maximum atomic E-state index is 12.2. The molecule has 0 aromatic heterocycles. The molecule has 0 aliphatic carbocycles. The molecule has 0 N–H and O–H groups in total. The minimum atomic E-state index is -0.710. The van der Waals surface area contributed by atoms with Gasteiger partial charge in [0.1, 0.15) is 17.4 Å². The van der Waals surface area contributed by atoms with Crippen LogP contribution in [0.15, 0.2) is 42.0 Å². The first-order valence-corrected chi connectivity index (χ1v) is 9.25. The van der Waals surface area contributed by atoms with Crippen molar-refractivity contribution in [2.75, 3.05) is 20.3 Å². The van der Waals surface area contributed by atoms with Gasteiger partial charge in [0, 0.05) is 0 Å². The normalized spacial score (nSPS) is 10.7. The third-order valence-corrected chi connectivity index (χ3v) is 4.01. The minimum absolute atomic E-state index is 0.148. The van der Waals surface area contributed by atoms with Crippen LogP contribution in [0.3, 0.4) is 0 Å². The summed E-state index contributed by atoms with van der Waals surface area (Å²) in [5.74, 6) is -0.241. The zero-order valence-corrected chi connectivity index (χ0v) is 17.4. The number of esters is 2. The Hall–Kier alpha value is -3.79. The van der Waals surface area contributed by atoms with Crippen LogP contribution in [0.1, 0.15) is 23.6 Å². The number of nitrogens with zero attached hydrogens (tertiary/aromatic N) is 1. The number of benzene rings is 2. The summed E-state index contributed by atoms with van der Waals surface area (Å²) in [6, 6.07) is 12.1. The monoisotopic (exact) mass is 409 g/mol. The molecule has 0 heterocycles. The summed E-state index contributed by atoms with van der Waals surface area (Å²) < 4.78 is 20.9. The average Bonchev–Trinajstić information content (AvgIpc) is 2.72. The quantitative estimate of drug-likeness (QED) is 0.283. The summed E-state index contributed by atoms with van der Waals surface area (Å²) in [7, 11) is 1.42. The van der Waals surface area contributed by atoms with Crippen molar-refractivity contribution in [3.05, 3.63) is 58.7 Å². The lowest BCUT2D eigenvalue weighted by molar-refractivity contribution is -0.138. The molecule has 0 amide bonds. The van der Waals surface area contributed by atoms with Crippen molar-refractivity contribution in [1.29, 1.82) is 5.26 Å². The van der Waals surface area contributed by atoms with Crippen LogP contribution in [0.4, 0.5) is 0 Å². The number of carbonyl (C=O) groups is 2. The zero-order valence-electron chi connectivity index (χ0n) is 17.4. The van der Waals surface area contributed by atoms with Crippen LogP contribution in [-0.2, 0) is 14.3 Å². The lowest BCUT2D eigenvalue weighted by Gasteiger charge is -2.12. The lowest BCUT2D eigenvalue weighted by atomic mass is 10.1. The Morgan fingerprint density at radius 3 is 2.43 bits per heavy atom. The fourth-order valence-corrected chi connectivity index (χ4v) is 2.62. The Labute approximate surface area is 175 Å². The van der Waals surface area contributed by atoms with Crippen molar-refractivity contribution in [2.45, 2.75) is 20.8 Å². The van der Waals surface area contributed by atoms with Gasteiger partial charge in [0.05, 0.1) is 13.7 Å². The first-order chi connectivity index (χ1) is 14.4. The van der Waals surface area contributed by atoms with Crippen molar-refractivity contribution < 1.29 is 28.5 Å². The molecule has 2 aromatic carbocycles. The van der Waals surface area contributed by atoms with Crippen LogP contribution in [0, 0.1) is 25.2 Å². The van der Waals surface area contributed by atoms with E-state index in [9.17, 15) is 9.59 Å². The molecule has 0 aliphatic heterocycles. The van der Waals surface area contributed by atoms with Gasteiger partial charge in [-0.25, -0.2) is 9.59 Å². The Balaban J connectivity index is 2.10. The number of nitriles is 1. The molecular weight excluding hydrogens is 386 g/mol. The van der Waals surface area contributed by atoms with E-state index in [2.05, 4.69) is 0 Å². The van der Waals surface area contributed by atoms with Crippen LogP contribution in [0.2, 0.25) is 0 Å². The molecule has 0 spiro atoms. The van der Waals surface area contributed by atoms with E-state index in [0.29, 0.717) is 11.3 Å². The van der Waals surface area contributed by atoms with Crippen LogP contribution >= 0.6 is 0 Å². The van der Waals surface area contributed by atoms with Gasteiger partial charge in [-0.15, -0.1) is 0 Å². The number of aryl methyl sites for hydroxylation is 2. The minimum Gasteiger partial charge on any atom is -0.493 e. The maximum absolute atomic E-state index is 12.2. The summed E-state index contributed by atoms with van der Waals surface area (Å²) in [5, 5.41) is 9.14. The molecule has 0 aliphatic rings. The van der Waals surface area contributed by atoms with Crippen molar-refractivity contribution in [1.82, 2.24) is 0 Å². The smallest absolute Gasteiger partial charge is 0.349 e. The Morgan fingerprint density at radius 2 is 1.80 bits per heavy atom. The second-order valence-electron chi connectivity index (χ2n) is 6.33. The summed E-state index contributed by atoms with van der Waals surface area (Å²) in [6.07, 6.45) is 1.37. The molecule has 0 radical (unpaired) electrons. The highest BCUT2D eigenvalue weighted by Crippen LogP contribution is 2.29. The largest absolute Gasteiger partial charge is 0.493 e. The molecule has 7 nitrogen and oxygen atoms in total. The summed E-state index contributed by atoms with van der Waals surface area (Å²) in [4.78, 5) is 23.9. The SMILES string of the molecule is CCOC(=O)/C(C#N)=C/c1ccc(OC(=O)COc2ccc(C)cc2C)c(OC)c1. The third kappa shape index (κ3) is 6.11. The second kappa shape index (κ2) is 10.7. The molecular formula is C23H23NO6. The molecule has 156 valence electrons. The van der Waals surface area contributed by atoms with E-state index >= 15 is 0 Å². The first kappa shape index (κ1) is 22.5. The first-order valence-electron chi connectivity index (χ1n) is 9.25. The number of ether oxygens (including phenoxy) is 4. The lowest BCUT2D eigenvalue weighted by Crippen LogP contribution is -2.18. The fraction of sp³-hybridized carbons (Fsp3) is 0.261. The van der Waals surface area contributed by atoms with Crippen molar-refractivity contribution in [3.8, 4) is 23.3 Å². The summed E-state index contributed by atoms with van der Waals surface area (Å²) >= 11 is 0. The van der Waals surface area contributed by atoms with E-state index in [1.807, 2.05) is 26.0 Å². The van der Waals surface area contributed by atoms with Crippen LogP contribution in [0.5, 0.6) is 17.2 Å². The molecule has 0 fully saturated rings.